The summed E-state index contributed by atoms with van der Waals surface area (Å²) in [6.07, 6.45) is 0.917. The van der Waals surface area contributed by atoms with E-state index in [1.165, 1.54) is 31.2 Å². The molecule has 0 radical (unpaired) electrons. The Bertz CT molecular complexity index is 952. The van der Waals surface area contributed by atoms with Crippen LogP contribution in [0.25, 0.3) is 6.08 Å². The van der Waals surface area contributed by atoms with Crippen molar-refractivity contribution < 1.29 is 32.2 Å². The Hall–Kier alpha value is -2.72. The lowest BCUT2D eigenvalue weighted by molar-refractivity contribution is -0.143. The van der Waals surface area contributed by atoms with Gasteiger partial charge >= 0.3 is 12.1 Å². The highest BCUT2D eigenvalue weighted by molar-refractivity contribution is 7.14. The predicted octanol–water partition coefficient (Wildman–Crippen LogP) is 4.97. The van der Waals surface area contributed by atoms with E-state index in [9.17, 15) is 22.8 Å². The molecule has 1 aromatic carbocycles. The van der Waals surface area contributed by atoms with Crippen molar-refractivity contribution in [2.45, 2.75) is 38.5 Å². The third kappa shape index (κ3) is 6.38. The number of carbonyl (C=O) groups is 2. The quantitative estimate of drug-likeness (QED) is 0.455. The molecule has 1 fully saturated rings. The van der Waals surface area contributed by atoms with Gasteiger partial charge in [-0.2, -0.15) is 13.2 Å². The number of aromatic nitrogens is 1. The Morgan fingerprint density at radius 1 is 1.35 bits per heavy atom. The maximum atomic E-state index is 13.0. The molecule has 2 heterocycles. The third-order valence-electron chi connectivity index (χ3n) is 4.52. The first-order valence-electron chi connectivity index (χ1n) is 9.64. The van der Waals surface area contributed by atoms with E-state index < -0.39 is 23.6 Å². The number of rotatable bonds is 6. The molecule has 0 bridgehead atoms. The summed E-state index contributed by atoms with van der Waals surface area (Å²) < 4.78 is 49.7. The van der Waals surface area contributed by atoms with Crippen LogP contribution in [0.2, 0.25) is 0 Å². The van der Waals surface area contributed by atoms with Crippen molar-refractivity contribution in [3.63, 3.8) is 0 Å². The summed E-state index contributed by atoms with van der Waals surface area (Å²) >= 11 is 1.07. The van der Waals surface area contributed by atoms with Crippen molar-refractivity contribution in [3.05, 3.63) is 47.0 Å². The molecule has 0 aliphatic carbocycles. The van der Waals surface area contributed by atoms with E-state index in [4.69, 9.17) is 9.47 Å². The number of ether oxygens (including phenoxy) is 2. The van der Waals surface area contributed by atoms with E-state index in [1.54, 1.807) is 5.38 Å². The van der Waals surface area contributed by atoms with Gasteiger partial charge in [0.15, 0.2) is 5.13 Å². The number of esters is 1. The van der Waals surface area contributed by atoms with E-state index in [2.05, 4.69) is 4.98 Å². The summed E-state index contributed by atoms with van der Waals surface area (Å²) in [5, 5.41) is 1.78. The van der Waals surface area contributed by atoms with Gasteiger partial charge in [-0.05, 0) is 43.5 Å². The number of alkyl halides is 3. The number of hydrogen-bond donors (Lipinski definition) is 0. The van der Waals surface area contributed by atoms with Crippen molar-refractivity contribution in [1.82, 2.24) is 4.98 Å². The molecule has 1 saturated heterocycles. The maximum absolute atomic E-state index is 13.0. The van der Waals surface area contributed by atoms with Crippen LogP contribution in [-0.4, -0.2) is 36.2 Å². The lowest BCUT2D eigenvalue weighted by Gasteiger charge is -2.21. The van der Waals surface area contributed by atoms with Crippen molar-refractivity contribution in [2.24, 2.45) is 0 Å². The Kier molecular flexibility index (Phi) is 7.45. The summed E-state index contributed by atoms with van der Waals surface area (Å²) in [5.74, 6) is -1.04. The third-order valence-corrected chi connectivity index (χ3v) is 5.37. The summed E-state index contributed by atoms with van der Waals surface area (Å²) in [4.78, 5) is 29.4. The minimum absolute atomic E-state index is 0.0547. The topological polar surface area (TPSA) is 68.7 Å². The first-order valence-corrected chi connectivity index (χ1v) is 10.5. The fourth-order valence-electron chi connectivity index (χ4n) is 3.02. The average molecular weight is 454 g/mol. The van der Waals surface area contributed by atoms with Crippen molar-refractivity contribution in [3.8, 4) is 0 Å². The van der Waals surface area contributed by atoms with Crippen LogP contribution in [0.1, 0.15) is 37.4 Å². The molecule has 1 aromatic heterocycles. The molecule has 3 rings (SSSR count). The Balaban J connectivity index is 1.68. The zero-order chi connectivity index (χ0) is 22.4. The first-order chi connectivity index (χ1) is 14.7. The van der Waals surface area contributed by atoms with Gasteiger partial charge in [-0.3, -0.25) is 9.69 Å². The zero-order valence-electron chi connectivity index (χ0n) is 16.7. The second-order valence-electron chi connectivity index (χ2n) is 6.91. The molecular weight excluding hydrogens is 433 g/mol. The zero-order valence-corrected chi connectivity index (χ0v) is 17.5. The van der Waals surface area contributed by atoms with E-state index >= 15 is 0 Å². The number of nitrogens with zero attached hydrogens (tertiary/aromatic N) is 2. The molecule has 1 amide bonds. The molecule has 1 atom stereocenters. The van der Waals surface area contributed by atoms with Gasteiger partial charge in [-0.15, -0.1) is 11.3 Å². The molecular formula is C21H21F3N2O4S. The lowest BCUT2D eigenvalue weighted by atomic mass is 10.1. The fraction of sp³-hybridized carbons (Fsp3) is 0.381. The number of anilines is 2. The summed E-state index contributed by atoms with van der Waals surface area (Å²) in [7, 11) is 0. The molecule has 31 heavy (non-hydrogen) atoms. The summed E-state index contributed by atoms with van der Waals surface area (Å²) in [6, 6.07) is 4.46. The molecule has 0 spiro atoms. The van der Waals surface area contributed by atoms with E-state index in [0.29, 0.717) is 12.3 Å². The summed E-state index contributed by atoms with van der Waals surface area (Å²) in [6.45, 7) is 2.08. The average Bonchev–Trinajstić information content (AvgIpc) is 3.19. The van der Waals surface area contributed by atoms with Gasteiger partial charge in [0.2, 0.25) is 5.91 Å². The SMILES string of the molecule is CC(=O)N(c1cccc(C(F)(F)F)c1)c1nc(/C=C/C(=O)OCC2CCCCO2)cs1. The minimum atomic E-state index is -4.53. The van der Waals surface area contributed by atoms with Crippen LogP contribution in [0.15, 0.2) is 35.7 Å². The van der Waals surface area contributed by atoms with Gasteiger partial charge in [-0.25, -0.2) is 9.78 Å². The molecule has 0 N–H and O–H groups in total. The lowest BCUT2D eigenvalue weighted by Crippen LogP contribution is -2.25. The maximum Gasteiger partial charge on any atom is 0.416 e. The van der Waals surface area contributed by atoms with Gasteiger partial charge in [0.05, 0.1) is 23.0 Å². The first kappa shape index (κ1) is 23.0. The van der Waals surface area contributed by atoms with Crippen molar-refractivity contribution in [1.29, 1.82) is 0 Å². The molecule has 1 unspecified atom stereocenters. The Morgan fingerprint density at radius 2 is 2.16 bits per heavy atom. The highest BCUT2D eigenvalue weighted by Gasteiger charge is 2.31. The Labute approximate surface area is 181 Å². The second kappa shape index (κ2) is 10.1. The molecule has 0 saturated carbocycles. The van der Waals surface area contributed by atoms with Crippen LogP contribution >= 0.6 is 11.3 Å². The number of carbonyl (C=O) groups excluding carboxylic acids is 2. The van der Waals surface area contributed by atoms with Crippen LogP contribution in [-0.2, 0) is 25.2 Å². The monoisotopic (exact) mass is 454 g/mol. The van der Waals surface area contributed by atoms with Crippen LogP contribution in [0.5, 0.6) is 0 Å². The predicted molar refractivity (Wildman–Crippen MR) is 110 cm³/mol. The molecule has 1 aliphatic rings. The highest BCUT2D eigenvalue weighted by Crippen LogP contribution is 2.35. The number of benzene rings is 1. The number of thiazole rings is 1. The van der Waals surface area contributed by atoms with E-state index in [0.717, 1.165) is 47.6 Å². The van der Waals surface area contributed by atoms with Gasteiger partial charge < -0.3 is 9.47 Å². The van der Waals surface area contributed by atoms with Crippen LogP contribution < -0.4 is 4.90 Å². The molecule has 166 valence electrons. The normalized spacial score (nSPS) is 17.0. The summed E-state index contributed by atoms with van der Waals surface area (Å²) in [5.41, 5.74) is -0.430. The molecule has 2 aromatic rings. The second-order valence-corrected chi connectivity index (χ2v) is 7.75. The van der Waals surface area contributed by atoms with Gasteiger partial charge in [0, 0.05) is 25.0 Å². The van der Waals surface area contributed by atoms with E-state index in [1.807, 2.05) is 0 Å². The van der Waals surface area contributed by atoms with Crippen molar-refractivity contribution in [2.75, 3.05) is 18.1 Å². The largest absolute Gasteiger partial charge is 0.460 e. The molecule has 1 aliphatic heterocycles. The standard InChI is InChI=1S/C21H21F3N2O4S/c1-14(27)26(17-6-4-5-15(11-17)21(22,23)24)20-25-16(13-31-20)8-9-19(28)30-12-18-7-2-3-10-29-18/h4-6,8-9,11,13,18H,2-3,7,10,12H2,1H3/b9-8+. The van der Waals surface area contributed by atoms with Gasteiger partial charge in [0.25, 0.3) is 0 Å². The molecule has 10 heteroatoms. The van der Waals surface area contributed by atoms with Crippen LogP contribution in [0.3, 0.4) is 0 Å². The molecule has 6 nitrogen and oxygen atoms in total. The Morgan fingerprint density at radius 3 is 2.84 bits per heavy atom. The minimum Gasteiger partial charge on any atom is -0.460 e. The van der Waals surface area contributed by atoms with E-state index in [-0.39, 0.29) is 23.5 Å². The van der Waals surface area contributed by atoms with Crippen LogP contribution in [0, 0.1) is 0 Å². The van der Waals surface area contributed by atoms with Gasteiger partial charge in [-0.1, -0.05) is 6.07 Å². The van der Waals surface area contributed by atoms with Crippen molar-refractivity contribution >= 4 is 40.1 Å². The number of hydrogen-bond acceptors (Lipinski definition) is 6. The van der Waals surface area contributed by atoms with Crippen LogP contribution in [0.4, 0.5) is 24.0 Å². The van der Waals surface area contributed by atoms with Gasteiger partial charge in [0.1, 0.15) is 6.61 Å². The number of halogens is 3. The smallest absolute Gasteiger partial charge is 0.416 e. The number of amides is 1. The highest BCUT2D eigenvalue weighted by atomic mass is 32.1. The fourth-order valence-corrected chi connectivity index (χ4v) is 3.87.